The van der Waals surface area contributed by atoms with Gasteiger partial charge in [0.2, 0.25) is 6.79 Å². The molecule has 2 N–H and O–H groups in total. The molecule has 6 nitrogen and oxygen atoms in total. The Morgan fingerprint density at radius 3 is 2.92 bits per heavy atom. The molecule has 8 heteroatoms. The van der Waals surface area contributed by atoms with Crippen LogP contribution < -0.4 is 20.1 Å². The summed E-state index contributed by atoms with van der Waals surface area (Å²) in [5.41, 5.74) is 2.01. The van der Waals surface area contributed by atoms with Crippen molar-refractivity contribution in [2.24, 2.45) is 4.99 Å². The van der Waals surface area contributed by atoms with E-state index in [0.717, 1.165) is 39.7 Å². The second kappa shape index (κ2) is 9.81. The largest absolute Gasteiger partial charge is 0.454 e. The predicted octanol–water partition coefficient (Wildman–Crippen LogP) is 3.45. The number of nitrogens with one attached hydrogen (secondary N) is 2. The van der Waals surface area contributed by atoms with Gasteiger partial charge in [-0.3, -0.25) is 4.98 Å². The highest BCUT2D eigenvalue weighted by atomic mass is 127. The van der Waals surface area contributed by atoms with Gasteiger partial charge in [0.05, 0.1) is 23.3 Å². The molecule has 0 aliphatic carbocycles. The number of pyridine rings is 1. The van der Waals surface area contributed by atoms with Gasteiger partial charge in [-0.2, -0.15) is 0 Å². The van der Waals surface area contributed by atoms with Gasteiger partial charge in [-0.05, 0) is 52.7 Å². The molecule has 2 heterocycles. The van der Waals surface area contributed by atoms with E-state index in [2.05, 4.69) is 36.5 Å². The Morgan fingerprint density at radius 2 is 2.16 bits per heavy atom. The third kappa shape index (κ3) is 5.46. The number of rotatable bonds is 5. The summed E-state index contributed by atoms with van der Waals surface area (Å²) in [4.78, 5) is 8.91. The number of ether oxygens (including phenoxy) is 2. The van der Waals surface area contributed by atoms with Gasteiger partial charge in [0.15, 0.2) is 17.5 Å². The lowest BCUT2D eigenvalue weighted by Crippen LogP contribution is -2.37. The minimum atomic E-state index is 0. The van der Waals surface area contributed by atoms with Gasteiger partial charge < -0.3 is 20.1 Å². The Bertz CT molecular complexity index is 728. The topological polar surface area (TPSA) is 67.8 Å². The van der Waals surface area contributed by atoms with Crippen molar-refractivity contribution in [1.82, 2.24) is 15.6 Å². The lowest BCUT2D eigenvalue weighted by atomic mass is 10.2. The third-order valence-electron chi connectivity index (χ3n) is 3.41. The SMILES string of the molecule is CCNC(=NCc1cc(Br)c2c(c1)OCO2)NCc1ccccn1.I. The van der Waals surface area contributed by atoms with Crippen LogP contribution in [0.5, 0.6) is 11.5 Å². The Kier molecular flexibility index (Phi) is 7.76. The van der Waals surface area contributed by atoms with Gasteiger partial charge in [0.25, 0.3) is 0 Å². The van der Waals surface area contributed by atoms with Crippen LogP contribution in [0, 0.1) is 0 Å². The molecule has 0 saturated carbocycles. The number of benzene rings is 1. The van der Waals surface area contributed by atoms with Gasteiger partial charge in [0.1, 0.15) is 0 Å². The van der Waals surface area contributed by atoms with Crippen molar-refractivity contribution >= 4 is 45.9 Å². The summed E-state index contributed by atoms with van der Waals surface area (Å²) in [6.07, 6.45) is 1.78. The highest BCUT2D eigenvalue weighted by Gasteiger charge is 2.17. The molecule has 0 fully saturated rings. The zero-order valence-corrected chi connectivity index (χ0v) is 17.7. The van der Waals surface area contributed by atoms with Crippen LogP contribution in [0.3, 0.4) is 0 Å². The van der Waals surface area contributed by atoms with Gasteiger partial charge in [-0.1, -0.05) is 6.07 Å². The van der Waals surface area contributed by atoms with Crippen LogP contribution in [-0.2, 0) is 13.1 Å². The minimum absolute atomic E-state index is 0. The van der Waals surface area contributed by atoms with Crippen molar-refractivity contribution in [3.8, 4) is 11.5 Å². The van der Waals surface area contributed by atoms with Crippen LogP contribution in [-0.4, -0.2) is 24.3 Å². The van der Waals surface area contributed by atoms with Crippen molar-refractivity contribution < 1.29 is 9.47 Å². The Hall–Kier alpha value is -1.55. The van der Waals surface area contributed by atoms with E-state index in [-0.39, 0.29) is 30.8 Å². The number of halogens is 2. The monoisotopic (exact) mass is 518 g/mol. The molecule has 1 aromatic heterocycles. The van der Waals surface area contributed by atoms with Crippen LogP contribution in [0.2, 0.25) is 0 Å². The van der Waals surface area contributed by atoms with Crippen molar-refractivity contribution in [2.45, 2.75) is 20.0 Å². The van der Waals surface area contributed by atoms with Crippen LogP contribution in [0.1, 0.15) is 18.2 Å². The quantitative estimate of drug-likeness (QED) is 0.360. The van der Waals surface area contributed by atoms with E-state index in [4.69, 9.17) is 9.47 Å². The number of aromatic nitrogens is 1. The minimum Gasteiger partial charge on any atom is -0.454 e. The van der Waals surface area contributed by atoms with E-state index in [9.17, 15) is 0 Å². The van der Waals surface area contributed by atoms with Crippen LogP contribution >= 0.6 is 39.9 Å². The van der Waals surface area contributed by atoms with Crippen LogP contribution in [0.25, 0.3) is 0 Å². The second-order valence-electron chi connectivity index (χ2n) is 5.18. The average Bonchev–Trinajstić information content (AvgIpc) is 3.07. The fourth-order valence-electron chi connectivity index (χ4n) is 2.30. The molecule has 0 amide bonds. The molecule has 1 aliphatic heterocycles. The molecule has 25 heavy (non-hydrogen) atoms. The molecule has 0 bridgehead atoms. The maximum absolute atomic E-state index is 5.44. The molecule has 0 unspecified atom stereocenters. The standard InChI is InChI=1S/C17H19BrN4O2.HI/c1-2-19-17(22-10-13-5-3-4-6-20-13)21-9-12-7-14(18)16-15(8-12)23-11-24-16;/h3-8H,2,9-11H2,1H3,(H2,19,21,22);1H. The number of fused-ring (bicyclic) bond motifs is 1. The molecular formula is C17H20BrIN4O2. The maximum Gasteiger partial charge on any atom is 0.231 e. The first-order valence-electron chi connectivity index (χ1n) is 7.76. The zero-order valence-electron chi connectivity index (χ0n) is 13.8. The average molecular weight is 519 g/mol. The summed E-state index contributed by atoms with van der Waals surface area (Å²) in [7, 11) is 0. The van der Waals surface area contributed by atoms with Crippen molar-refractivity contribution in [1.29, 1.82) is 0 Å². The number of hydrogen-bond donors (Lipinski definition) is 2. The molecule has 3 rings (SSSR count). The van der Waals surface area contributed by atoms with Crippen molar-refractivity contribution in [3.63, 3.8) is 0 Å². The lowest BCUT2D eigenvalue weighted by Gasteiger charge is -2.11. The van der Waals surface area contributed by atoms with E-state index in [1.165, 1.54) is 0 Å². The number of hydrogen-bond acceptors (Lipinski definition) is 4. The highest BCUT2D eigenvalue weighted by Crippen LogP contribution is 2.40. The van der Waals surface area contributed by atoms with Crippen LogP contribution in [0.15, 0.2) is 46.0 Å². The van der Waals surface area contributed by atoms with Crippen molar-refractivity contribution in [3.05, 3.63) is 52.3 Å². The molecule has 134 valence electrons. The Morgan fingerprint density at radius 1 is 1.28 bits per heavy atom. The smallest absolute Gasteiger partial charge is 0.231 e. The van der Waals surface area contributed by atoms with E-state index < -0.39 is 0 Å². The number of nitrogens with zero attached hydrogens (tertiary/aromatic N) is 2. The van der Waals surface area contributed by atoms with Gasteiger partial charge in [-0.15, -0.1) is 24.0 Å². The predicted molar refractivity (Wildman–Crippen MR) is 112 cm³/mol. The Balaban J connectivity index is 0.00000225. The maximum atomic E-state index is 5.44. The first-order chi connectivity index (χ1) is 11.8. The fourth-order valence-corrected chi connectivity index (χ4v) is 2.91. The van der Waals surface area contributed by atoms with Crippen molar-refractivity contribution in [2.75, 3.05) is 13.3 Å². The molecule has 0 spiro atoms. The molecule has 1 aromatic carbocycles. The molecule has 1 aliphatic rings. The summed E-state index contributed by atoms with van der Waals surface area (Å²) < 4.78 is 11.7. The Labute approximate surface area is 172 Å². The summed E-state index contributed by atoms with van der Waals surface area (Å²) in [5, 5.41) is 6.52. The molecule has 0 radical (unpaired) electrons. The number of guanidine groups is 1. The van der Waals surface area contributed by atoms with Crippen LogP contribution in [0.4, 0.5) is 0 Å². The molecule has 2 aromatic rings. The molecule has 0 saturated heterocycles. The lowest BCUT2D eigenvalue weighted by molar-refractivity contribution is 0.173. The molecule has 0 atom stereocenters. The third-order valence-corrected chi connectivity index (χ3v) is 4.00. The van der Waals surface area contributed by atoms with Gasteiger partial charge in [-0.25, -0.2) is 4.99 Å². The molecular weight excluding hydrogens is 499 g/mol. The number of aliphatic imine (C=N–C) groups is 1. The first-order valence-corrected chi connectivity index (χ1v) is 8.55. The summed E-state index contributed by atoms with van der Waals surface area (Å²) in [6.45, 7) is 4.24. The summed E-state index contributed by atoms with van der Waals surface area (Å²) in [5.74, 6) is 2.25. The van der Waals surface area contributed by atoms with E-state index in [1.54, 1.807) is 6.20 Å². The summed E-state index contributed by atoms with van der Waals surface area (Å²) in [6, 6.07) is 9.81. The van der Waals surface area contributed by atoms with E-state index in [1.807, 2.05) is 37.3 Å². The first kappa shape index (κ1) is 19.8. The van der Waals surface area contributed by atoms with E-state index in [0.29, 0.717) is 13.1 Å². The fraction of sp³-hybridized carbons (Fsp3) is 0.294. The second-order valence-corrected chi connectivity index (χ2v) is 6.04. The van der Waals surface area contributed by atoms with E-state index >= 15 is 0 Å². The van der Waals surface area contributed by atoms with Gasteiger partial charge in [0, 0.05) is 12.7 Å². The zero-order chi connectivity index (χ0) is 16.8. The summed E-state index contributed by atoms with van der Waals surface area (Å²) >= 11 is 3.50. The van der Waals surface area contributed by atoms with Gasteiger partial charge >= 0.3 is 0 Å². The normalized spacial score (nSPS) is 12.5. The highest BCUT2D eigenvalue weighted by molar-refractivity contribution is 14.0.